The van der Waals surface area contributed by atoms with Crippen LogP contribution in [0.25, 0.3) is 11.1 Å². The average Bonchev–Trinajstić information content (AvgIpc) is 3.48. The Hall–Kier alpha value is -3.99. The monoisotopic (exact) mass is 683 g/mol. The molecule has 1 fully saturated rings. The van der Waals surface area contributed by atoms with E-state index in [0.717, 1.165) is 57.2 Å². The Kier molecular flexibility index (Phi) is 10.7. The fourth-order valence-corrected chi connectivity index (χ4v) is 7.68. The predicted molar refractivity (Wildman–Crippen MR) is 180 cm³/mol. The maximum atomic E-state index is 14.3. The third-order valence-corrected chi connectivity index (χ3v) is 10.0. The quantitative estimate of drug-likeness (QED) is 0.216. The largest absolute Gasteiger partial charge is 0.481 e. The van der Waals surface area contributed by atoms with Gasteiger partial charge in [-0.15, -0.1) is 0 Å². The Morgan fingerprint density at radius 2 is 1.67 bits per heavy atom. The van der Waals surface area contributed by atoms with Crippen molar-refractivity contribution < 1.29 is 32.3 Å². The molecule has 0 spiro atoms. The van der Waals surface area contributed by atoms with Crippen molar-refractivity contribution in [3.8, 4) is 11.1 Å². The zero-order valence-electron chi connectivity index (χ0n) is 28.7. The van der Waals surface area contributed by atoms with Gasteiger partial charge in [-0.25, -0.2) is 4.39 Å². The van der Waals surface area contributed by atoms with Crippen molar-refractivity contribution in [1.29, 1.82) is 0 Å². The number of pyridine rings is 1. The van der Waals surface area contributed by atoms with E-state index < -0.39 is 53.6 Å². The molecule has 2 heterocycles. The fourth-order valence-electron chi connectivity index (χ4n) is 7.68. The van der Waals surface area contributed by atoms with Crippen molar-refractivity contribution in [2.45, 2.75) is 96.8 Å². The minimum absolute atomic E-state index is 0.00264. The highest BCUT2D eigenvalue weighted by Gasteiger charge is 2.38. The molecule has 2 atom stereocenters. The second-order valence-electron chi connectivity index (χ2n) is 14.2. The maximum Gasteiger partial charge on any atom is 0.416 e. The third kappa shape index (κ3) is 8.09. The lowest BCUT2D eigenvalue weighted by molar-refractivity contribution is -0.139. The van der Waals surface area contributed by atoms with Crippen molar-refractivity contribution in [1.82, 2.24) is 14.8 Å². The summed E-state index contributed by atoms with van der Waals surface area (Å²) in [6, 6.07) is 5.13. The lowest BCUT2D eigenvalue weighted by Crippen LogP contribution is -2.41. The molecule has 1 aromatic heterocycles. The van der Waals surface area contributed by atoms with Crippen LogP contribution in [0.15, 0.2) is 41.3 Å². The minimum Gasteiger partial charge on any atom is -0.481 e. The van der Waals surface area contributed by atoms with Gasteiger partial charge in [0.15, 0.2) is 0 Å². The molecular weight excluding hydrogens is 638 g/mol. The molecule has 2 aromatic carbocycles. The molecule has 2 aliphatic rings. The predicted octanol–water partition coefficient (Wildman–Crippen LogP) is 7.51. The summed E-state index contributed by atoms with van der Waals surface area (Å²) in [7, 11) is 1.91. The van der Waals surface area contributed by atoms with Gasteiger partial charge in [-0.3, -0.25) is 14.4 Å². The van der Waals surface area contributed by atoms with Crippen LogP contribution in [-0.2, 0) is 28.6 Å². The molecule has 0 radical (unpaired) electrons. The number of likely N-dealkylation sites (tertiary alicyclic amines) is 1. The molecule has 2 N–H and O–H groups in total. The molecular formula is C38H45F4N3O4. The average molecular weight is 684 g/mol. The number of rotatable bonds is 10. The molecule has 5 rings (SSSR count). The summed E-state index contributed by atoms with van der Waals surface area (Å²) >= 11 is 0. The van der Waals surface area contributed by atoms with Crippen molar-refractivity contribution in [3.05, 3.63) is 91.6 Å². The molecule has 0 saturated carbocycles. The molecule has 1 aliphatic heterocycles. The molecule has 1 saturated heterocycles. The Morgan fingerprint density at radius 3 is 2.27 bits per heavy atom. The van der Waals surface area contributed by atoms with E-state index in [1.165, 1.54) is 18.3 Å². The molecule has 49 heavy (non-hydrogen) atoms. The van der Waals surface area contributed by atoms with Crippen molar-refractivity contribution >= 4 is 11.9 Å². The second kappa shape index (κ2) is 14.5. The number of carboxylic acids is 1. The van der Waals surface area contributed by atoms with Crippen LogP contribution in [0.4, 0.5) is 17.6 Å². The topological polar surface area (TPSA) is 91.6 Å². The van der Waals surface area contributed by atoms with Gasteiger partial charge in [-0.05, 0) is 147 Å². The number of nitrogens with one attached hydrogen (secondary N) is 1. The van der Waals surface area contributed by atoms with Crippen LogP contribution in [0.2, 0.25) is 0 Å². The Bertz CT molecular complexity index is 1770. The first-order chi connectivity index (χ1) is 23.0. The van der Waals surface area contributed by atoms with E-state index in [-0.39, 0.29) is 23.7 Å². The number of alkyl halides is 3. The van der Waals surface area contributed by atoms with E-state index in [4.69, 9.17) is 0 Å². The third-order valence-electron chi connectivity index (χ3n) is 10.0. The number of aromatic nitrogens is 1. The smallest absolute Gasteiger partial charge is 0.416 e. The number of hydrogen-bond donors (Lipinski definition) is 2. The first-order valence-corrected chi connectivity index (χ1v) is 17.0. The highest BCUT2D eigenvalue weighted by atomic mass is 19.4. The number of carboxylic acid groups (broad SMARTS) is 1. The van der Waals surface area contributed by atoms with Crippen LogP contribution in [-0.4, -0.2) is 46.6 Å². The summed E-state index contributed by atoms with van der Waals surface area (Å²) in [5.41, 5.74) is 3.97. The van der Waals surface area contributed by atoms with Crippen molar-refractivity contribution in [3.63, 3.8) is 0 Å². The van der Waals surface area contributed by atoms with E-state index in [9.17, 15) is 37.1 Å². The fraction of sp³-hybridized carbons (Fsp3) is 0.500. The molecule has 1 amide bonds. The van der Waals surface area contributed by atoms with Crippen molar-refractivity contribution in [2.75, 3.05) is 20.1 Å². The number of halogens is 4. The van der Waals surface area contributed by atoms with Crippen LogP contribution in [0.5, 0.6) is 0 Å². The van der Waals surface area contributed by atoms with E-state index in [2.05, 4.69) is 5.32 Å². The van der Waals surface area contributed by atoms with Gasteiger partial charge in [-0.2, -0.15) is 13.2 Å². The second-order valence-corrected chi connectivity index (χ2v) is 14.2. The molecule has 3 aromatic rings. The summed E-state index contributed by atoms with van der Waals surface area (Å²) in [5, 5.41) is 12.8. The zero-order valence-corrected chi connectivity index (χ0v) is 28.7. The minimum atomic E-state index is -4.74. The standard InChI is InChI=1S/C38H45F4N3O4/c1-21(2)13-33(45-20-30(24-9-11-44(5)12-10-24)31(18-34(45)46)38(40,41)42)37(49)43-32(19-35(47)48)26-16-25-7-6-8-28(25)29(17-26)36-22(3)14-27(39)15-23(36)4/h14-18,20-21,24,32-33H,6-13,19H2,1-5H3,(H,43,49)(H,47,48)/t32-,33-/m1/s1. The number of nitrogens with zero attached hydrogens (tertiary/aromatic N) is 2. The number of aryl methyl sites for hydroxylation is 3. The van der Waals surface area contributed by atoms with Gasteiger partial charge in [0.2, 0.25) is 5.91 Å². The molecule has 11 heteroatoms. The van der Waals surface area contributed by atoms with Gasteiger partial charge in [0.1, 0.15) is 11.9 Å². The normalized spacial score (nSPS) is 16.9. The lowest BCUT2D eigenvalue weighted by atomic mass is 9.87. The number of fused-ring (bicyclic) bond motifs is 1. The van der Waals surface area contributed by atoms with Crippen LogP contribution in [0.1, 0.15) is 103 Å². The maximum absolute atomic E-state index is 14.3. The number of benzene rings is 2. The first-order valence-electron chi connectivity index (χ1n) is 17.0. The van der Waals surface area contributed by atoms with Crippen LogP contribution >= 0.6 is 0 Å². The van der Waals surface area contributed by atoms with Gasteiger partial charge in [0, 0.05) is 12.3 Å². The zero-order chi connectivity index (χ0) is 35.8. The lowest BCUT2D eigenvalue weighted by Gasteiger charge is -2.32. The van der Waals surface area contributed by atoms with E-state index in [1.807, 2.05) is 51.8 Å². The number of carbonyl (C=O) groups is 2. The number of carbonyl (C=O) groups excluding carboxylic acids is 1. The van der Waals surface area contributed by atoms with Crippen LogP contribution in [0, 0.1) is 25.6 Å². The number of piperidine rings is 1. The Labute approximate surface area is 284 Å². The van der Waals surface area contributed by atoms with Gasteiger partial charge in [0.05, 0.1) is 18.0 Å². The molecule has 264 valence electrons. The Balaban J connectivity index is 1.58. The summed E-state index contributed by atoms with van der Waals surface area (Å²) in [5.74, 6) is -2.71. The van der Waals surface area contributed by atoms with Gasteiger partial charge < -0.3 is 19.9 Å². The highest BCUT2D eigenvalue weighted by Crippen LogP contribution is 2.40. The number of amides is 1. The summed E-state index contributed by atoms with van der Waals surface area (Å²) in [6.07, 6.45) is -0.409. The molecule has 0 unspecified atom stereocenters. The Morgan fingerprint density at radius 1 is 1.02 bits per heavy atom. The summed E-state index contributed by atoms with van der Waals surface area (Å²) < 4.78 is 58.1. The highest BCUT2D eigenvalue weighted by molar-refractivity contribution is 5.82. The van der Waals surface area contributed by atoms with E-state index in [1.54, 1.807) is 0 Å². The van der Waals surface area contributed by atoms with Crippen LogP contribution in [0.3, 0.4) is 0 Å². The summed E-state index contributed by atoms with van der Waals surface area (Å²) in [4.78, 5) is 41.8. The number of hydrogen-bond acceptors (Lipinski definition) is 4. The summed E-state index contributed by atoms with van der Waals surface area (Å²) in [6.45, 7) is 8.56. The first kappa shape index (κ1) is 36.3. The van der Waals surface area contributed by atoms with Gasteiger partial charge in [0.25, 0.3) is 5.56 Å². The van der Waals surface area contributed by atoms with E-state index in [0.29, 0.717) is 37.6 Å². The van der Waals surface area contributed by atoms with Crippen molar-refractivity contribution in [2.24, 2.45) is 5.92 Å². The van der Waals surface area contributed by atoms with Gasteiger partial charge in [-0.1, -0.05) is 19.9 Å². The van der Waals surface area contributed by atoms with Crippen LogP contribution < -0.4 is 10.9 Å². The molecule has 7 nitrogen and oxygen atoms in total. The number of aliphatic carboxylic acids is 1. The molecule has 0 bridgehead atoms. The van der Waals surface area contributed by atoms with E-state index >= 15 is 0 Å². The molecule has 1 aliphatic carbocycles. The SMILES string of the molecule is Cc1cc(F)cc(C)c1-c1cc([C@@H](CC(=O)O)NC(=O)[C@@H](CC(C)C)n2cc(C3CCN(C)CC3)c(C(F)(F)F)cc2=O)cc2c1CCC2. The van der Waals surface area contributed by atoms with Gasteiger partial charge >= 0.3 is 12.1 Å².